The van der Waals surface area contributed by atoms with E-state index in [2.05, 4.69) is 0 Å². The number of aliphatic hydroxyl groups is 1. The fraction of sp³-hybridized carbons (Fsp3) is 0.294. The molecule has 0 bridgehead atoms. The monoisotopic (exact) mass is 321 g/mol. The van der Waals surface area contributed by atoms with Gasteiger partial charge in [-0.25, -0.2) is 4.39 Å². The average molecular weight is 321 g/mol. The zero-order valence-corrected chi connectivity index (χ0v) is 13.5. The summed E-state index contributed by atoms with van der Waals surface area (Å²) in [6.45, 7) is 1.13. The fourth-order valence-corrected chi connectivity index (χ4v) is 2.77. The van der Waals surface area contributed by atoms with Crippen LogP contribution in [0.4, 0.5) is 4.39 Å². The highest BCUT2D eigenvalue weighted by molar-refractivity contribution is 7.84. The van der Waals surface area contributed by atoms with Crippen molar-refractivity contribution in [2.24, 2.45) is 0 Å². The van der Waals surface area contributed by atoms with Crippen molar-refractivity contribution in [3.8, 4) is 0 Å². The summed E-state index contributed by atoms with van der Waals surface area (Å²) < 4.78 is 24.2. The quantitative estimate of drug-likeness (QED) is 0.889. The molecule has 0 amide bonds. The molecular weight excluding hydrogens is 301 g/mol. The van der Waals surface area contributed by atoms with Gasteiger partial charge >= 0.3 is 0 Å². The molecule has 0 saturated heterocycles. The number of aliphatic hydroxyl groups excluding tert-OH is 1. The van der Waals surface area contributed by atoms with Crippen LogP contribution in [-0.2, 0) is 17.3 Å². The highest BCUT2D eigenvalue weighted by atomic mass is 32.2. The zero-order valence-electron chi connectivity index (χ0n) is 12.7. The van der Waals surface area contributed by atoms with E-state index in [1.807, 2.05) is 36.2 Å². The van der Waals surface area contributed by atoms with Crippen LogP contribution in [0, 0.1) is 5.82 Å². The lowest BCUT2D eigenvalue weighted by Gasteiger charge is -2.21. The molecule has 0 radical (unpaired) electrons. The number of halogens is 1. The molecule has 1 N–H and O–H groups in total. The predicted molar refractivity (Wildman–Crippen MR) is 86.5 cm³/mol. The van der Waals surface area contributed by atoms with Gasteiger partial charge in [0.2, 0.25) is 0 Å². The number of nitrogens with zero attached hydrogens (tertiary/aromatic N) is 1. The van der Waals surface area contributed by atoms with E-state index < -0.39 is 16.9 Å². The molecule has 0 heterocycles. The Morgan fingerprint density at radius 3 is 2.27 bits per heavy atom. The number of hydrogen-bond donors (Lipinski definition) is 1. The van der Waals surface area contributed by atoms with Gasteiger partial charge in [0.15, 0.2) is 0 Å². The first-order chi connectivity index (χ1) is 10.5. The summed E-state index contributed by atoms with van der Waals surface area (Å²) >= 11 is 0. The first kappa shape index (κ1) is 16.8. The molecule has 2 aromatic carbocycles. The molecule has 3 nitrogen and oxygen atoms in total. The number of benzene rings is 2. The van der Waals surface area contributed by atoms with Crippen LogP contribution in [0.15, 0.2) is 53.4 Å². The third-order valence-electron chi connectivity index (χ3n) is 3.45. The lowest BCUT2D eigenvalue weighted by atomic mass is 10.1. The Morgan fingerprint density at radius 1 is 1.14 bits per heavy atom. The maximum absolute atomic E-state index is 12.9. The Kier molecular flexibility index (Phi) is 5.83. The van der Waals surface area contributed by atoms with Crippen molar-refractivity contribution in [1.82, 2.24) is 4.90 Å². The van der Waals surface area contributed by atoms with E-state index in [0.717, 1.165) is 10.5 Å². The minimum Gasteiger partial charge on any atom is -0.387 e. The number of rotatable bonds is 6. The second-order valence-electron chi connectivity index (χ2n) is 5.36. The van der Waals surface area contributed by atoms with Crippen LogP contribution in [0.25, 0.3) is 0 Å². The second-order valence-corrected chi connectivity index (χ2v) is 6.74. The summed E-state index contributed by atoms with van der Waals surface area (Å²) in [5.41, 5.74) is 1.79. The molecule has 2 unspecified atom stereocenters. The predicted octanol–water partition coefficient (Wildman–Crippen LogP) is 2.73. The van der Waals surface area contributed by atoms with Crippen LogP contribution in [0.5, 0.6) is 0 Å². The van der Waals surface area contributed by atoms with Crippen molar-refractivity contribution in [1.29, 1.82) is 0 Å². The summed E-state index contributed by atoms with van der Waals surface area (Å²) in [7, 11) is 0.945. The second kappa shape index (κ2) is 7.63. The van der Waals surface area contributed by atoms with Gasteiger partial charge in [-0.05, 0) is 42.4 Å². The maximum Gasteiger partial charge on any atom is 0.123 e. The summed E-state index contributed by atoms with van der Waals surface area (Å²) in [5.74, 6) is -0.308. The van der Waals surface area contributed by atoms with E-state index in [9.17, 15) is 13.7 Å². The normalized spacial score (nSPS) is 14.0. The molecule has 5 heteroatoms. The number of likely N-dealkylation sites (N-methyl/N-ethyl adjacent to an activating group) is 1. The fourth-order valence-electron chi connectivity index (χ4n) is 2.25. The van der Waals surface area contributed by atoms with Gasteiger partial charge in [-0.3, -0.25) is 9.11 Å². The minimum absolute atomic E-state index is 0.308. The summed E-state index contributed by atoms with van der Waals surface area (Å²) in [6.07, 6.45) is 0.994. The molecule has 22 heavy (non-hydrogen) atoms. The first-order valence-electron chi connectivity index (χ1n) is 7.00. The Balaban J connectivity index is 1.93. The van der Waals surface area contributed by atoms with Gasteiger partial charge in [0.25, 0.3) is 0 Å². The lowest BCUT2D eigenvalue weighted by Crippen LogP contribution is -2.24. The van der Waals surface area contributed by atoms with Crippen molar-refractivity contribution in [3.05, 3.63) is 65.5 Å². The van der Waals surface area contributed by atoms with E-state index in [1.165, 1.54) is 12.1 Å². The van der Waals surface area contributed by atoms with Gasteiger partial charge in [-0.2, -0.15) is 0 Å². The van der Waals surface area contributed by atoms with Crippen molar-refractivity contribution in [2.45, 2.75) is 17.5 Å². The molecule has 2 aromatic rings. The highest BCUT2D eigenvalue weighted by Gasteiger charge is 2.11. The van der Waals surface area contributed by atoms with E-state index in [4.69, 9.17) is 0 Å². The van der Waals surface area contributed by atoms with Crippen LogP contribution in [0.1, 0.15) is 17.2 Å². The number of hydrogen-bond acceptors (Lipinski definition) is 3. The average Bonchev–Trinajstić information content (AvgIpc) is 2.48. The smallest absolute Gasteiger partial charge is 0.123 e. The lowest BCUT2D eigenvalue weighted by molar-refractivity contribution is 0.124. The van der Waals surface area contributed by atoms with Crippen LogP contribution in [-0.4, -0.2) is 34.1 Å². The standard InChI is InChI=1S/C17H20FNO2S/c1-19(11-13-3-9-16(10-4-13)22(2)21)12-17(20)14-5-7-15(18)8-6-14/h3-10,17,20H,11-12H2,1-2H3. The van der Waals surface area contributed by atoms with E-state index >= 15 is 0 Å². The molecule has 0 fully saturated rings. The molecule has 2 atom stereocenters. The maximum atomic E-state index is 12.9. The van der Waals surface area contributed by atoms with Gasteiger partial charge in [-0.1, -0.05) is 24.3 Å². The van der Waals surface area contributed by atoms with Gasteiger partial charge in [0.1, 0.15) is 5.82 Å². The van der Waals surface area contributed by atoms with E-state index in [-0.39, 0.29) is 5.82 Å². The molecule has 0 aromatic heterocycles. The van der Waals surface area contributed by atoms with E-state index in [0.29, 0.717) is 18.7 Å². The molecule has 2 rings (SSSR count). The summed E-state index contributed by atoms with van der Waals surface area (Å²) in [4.78, 5) is 2.80. The summed E-state index contributed by atoms with van der Waals surface area (Å²) in [6, 6.07) is 13.5. The van der Waals surface area contributed by atoms with Gasteiger partial charge in [0.05, 0.1) is 6.10 Å². The molecule has 0 spiro atoms. The SMILES string of the molecule is CN(Cc1ccc(S(C)=O)cc1)CC(O)c1ccc(F)cc1. The van der Waals surface area contributed by atoms with Crippen LogP contribution < -0.4 is 0 Å². The zero-order chi connectivity index (χ0) is 16.1. The van der Waals surface area contributed by atoms with E-state index in [1.54, 1.807) is 18.4 Å². The van der Waals surface area contributed by atoms with Crippen LogP contribution in [0.2, 0.25) is 0 Å². The molecular formula is C17H20FNO2S. The van der Waals surface area contributed by atoms with Crippen molar-refractivity contribution in [3.63, 3.8) is 0 Å². The minimum atomic E-state index is -0.970. The highest BCUT2D eigenvalue weighted by Crippen LogP contribution is 2.16. The largest absolute Gasteiger partial charge is 0.387 e. The van der Waals surface area contributed by atoms with Crippen molar-refractivity contribution < 1.29 is 13.7 Å². The third-order valence-corrected chi connectivity index (χ3v) is 4.38. The molecule has 118 valence electrons. The topological polar surface area (TPSA) is 40.5 Å². The summed E-state index contributed by atoms with van der Waals surface area (Å²) in [5, 5.41) is 10.2. The molecule has 0 aliphatic carbocycles. The van der Waals surface area contributed by atoms with Crippen LogP contribution in [0.3, 0.4) is 0 Å². The van der Waals surface area contributed by atoms with Crippen molar-refractivity contribution >= 4 is 10.8 Å². The third kappa shape index (κ3) is 4.73. The van der Waals surface area contributed by atoms with Gasteiger partial charge < -0.3 is 5.11 Å². The van der Waals surface area contributed by atoms with Crippen LogP contribution >= 0.6 is 0 Å². The van der Waals surface area contributed by atoms with Crippen molar-refractivity contribution in [2.75, 3.05) is 19.8 Å². The molecule has 0 aliphatic rings. The Bertz CT molecular complexity index is 628. The van der Waals surface area contributed by atoms with Gasteiger partial charge in [-0.15, -0.1) is 0 Å². The molecule has 0 aliphatic heterocycles. The first-order valence-corrected chi connectivity index (χ1v) is 8.56. The molecule has 0 saturated carbocycles. The Morgan fingerprint density at radius 2 is 1.73 bits per heavy atom. The van der Waals surface area contributed by atoms with Gasteiger partial charge in [0, 0.05) is 35.0 Å². The Hall–Kier alpha value is -1.56. The Labute approximate surface area is 132 Å².